The van der Waals surface area contributed by atoms with Crippen molar-refractivity contribution < 1.29 is 4.74 Å². The zero-order chi connectivity index (χ0) is 11.6. The quantitative estimate of drug-likeness (QED) is 0.673. The number of ether oxygens (including phenoxy) is 1. The Morgan fingerprint density at radius 1 is 1.12 bits per heavy atom. The molecule has 1 N–H and O–H groups in total. The second-order valence-corrected chi connectivity index (χ2v) is 6.50. The lowest BCUT2D eigenvalue weighted by molar-refractivity contribution is -0.00114. The van der Waals surface area contributed by atoms with E-state index in [1.807, 2.05) is 0 Å². The Morgan fingerprint density at radius 3 is 2.12 bits per heavy atom. The Hall–Kier alpha value is -0.0800. The second-order valence-electron chi connectivity index (χ2n) is 6.50. The fraction of sp³-hybridized carbons (Fsp3) is 1.00. The number of nitrogens with one attached hydrogen (secondary N) is 1. The summed E-state index contributed by atoms with van der Waals surface area (Å²) in [7, 11) is 0. The average Bonchev–Trinajstić information content (AvgIpc) is 2.98. The highest BCUT2D eigenvalue weighted by molar-refractivity contribution is 4.92. The topological polar surface area (TPSA) is 21.3 Å². The summed E-state index contributed by atoms with van der Waals surface area (Å²) in [6.07, 6.45) is 5.95. The van der Waals surface area contributed by atoms with Crippen LogP contribution in [0.25, 0.3) is 0 Å². The molecule has 2 nitrogen and oxygen atoms in total. The Morgan fingerprint density at radius 2 is 1.69 bits per heavy atom. The van der Waals surface area contributed by atoms with E-state index in [-0.39, 0.29) is 5.60 Å². The first-order valence-electron chi connectivity index (χ1n) is 6.91. The van der Waals surface area contributed by atoms with Gasteiger partial charge in [-0.25, -0.2) is 0 Å². The highest BCUT2D eigenvalue weighted by Gasteiger charge is 2.40. The van der Waals surface area contributed by atoms with E-state index in [0.29, 0.717) is 0 Å². The molecule has 0 aliphatic heterocycles. The maximum absolute atomic E-state index is 5.70. The molecule has 2 aliphatic carbocycles. The number of rotatable bonds is 7. The van der Waals surface area contributed by atoms with Crippen LogP contribution < -0.4 is 5.32 Å². The van der Waals surface area contributed by atoms with Gasteiger partial charge in [0, 0.05) is 6.54 Å². The standard InChI is InChI=1S/C14H27NO/c1-14(2,3)16-9-8-15-10-13(11-4-5-11)12-6-7-12/h11-13,15H,4-10H2,1-3H3. The van der Waals surface area contributed by atoms with E-state index in [1.54, 1.807) is 0 Å². The Bertz CT molecular complexity index is 201. The van der Waals surface area contributed by atoms with Crippen molar-refractivity contribution in [1.82, 2.24) is 5.32 Å². The minimum absolute atomic E-state index is 0.00800. The van der Waals surface area contributed by atoms with Gasteiger partial charge < -0.3 is 10.1 Å². The van der Waals surface area contributed by atoms with Crippen molar-refractivity contribution >= 4 is 0 Å². The van der Waals surface area contributed by atoms with E-state index < -0.39 is 0 Å². The van der Waals surface area contributed by atoms with E-state index in [9.17, 15) is 0 Å². The van der Waals surface area contributed by atoms with Crippen LogP contribution in [0.15, 0.2) is 0 Å². The van der Waals surface area contributed by atoms with E-state index in [2.05, 4.69) is 26.1 Å². The molecule has 0 aromatic carbocycles. The molecule has 0 bridgehead atoms. The first kappa shape index (κ1) is 12.4. The minimum Gasteiger partial charge on any atom is -0.375 e. The fourth-order valence-corrected chi connectivity index (χ4v) is 2.47. The van der Waals surface area contributed by atoms with Crippen LogP contribution in [0.4, 0.5) is 0 Å². The van der Waals surface area contributed by atoms with Crippen molar-refractivity contribution in [3.8, 4) is 0 Å². The highest BCUT2D eigenvalue weighted by atomic mass is 16.5. The summed E-state index contributed by atoms with van der Waals surface area (Å²) >= 11 is 0. The Labute approximate surface area is 100 Å². The molecule has 0 radical (unpaired) electrons. The molecule has 0 aromatic heterocycles. The molecule has 2 heteroatoms. The zero-order valence-electron chi connectivity index (χ0n) is 11.1. The molecule has 16 heavy (non-hydrogen) atoms. The van der Waals surface area contributed by atoms with Crippen molar-refractivity contribution in [1.29, 1.82) is 0 Å². The third-order valence-corrected chi connectivity index (χ3v) is 3.65. The summed E-state index contributed by atoms with van der Waals surface area (Å²) in [6.45, 7) is 9.42. The first-order chi connectivity index (χ1) is 7.56. The third-order valence-electron chi connectivity index (χ3n) is 3.65. The number of hydrogen-bond acceptors (Lipinski definition) is 2. The molecule has 0 unspecified atom stereocenters. The SMILES string of the molecule is CC(C)(C)OCCNCC(C1CC1)C1CC1. The van der Waals surface area contributed by atoms with E-state index in [1.165, 1.54) is 32.2 Å². The van der Waals surface area contributed by atoms with Crippen molar-refractivity contribution in [3.63, 3.8) is 0 Å². The zero-order valence-corrected chi connectivity index (χ0v) is 11.1. The predicted octanol–water partition coefficient (Wildman–Crippen LogP) is 2.83. The summed E-state index contributed by atoms with van der Waals surface area (Å²) in [5.74, 6) is 3.10. The van der Waals surface area contributed by atoms with Crippen LogP contribution in [-0.2, 0) is 4.74 Å². The molecule has 94 valence electrons. The molecule has 0 atom stereocenters. The maximum atomic E-state index is 5.70. The van der Waals surface area contributed by atoms with Crippen molar-refractivity contribution in [2.75, 3.05) is 19.7 Å². The molecule has 0 amide bonds. The van der Waals surface area contributed by atoms with Crippen LogP contribution in [0, 0.1) is 17.8 Å². The van der Waals surface area contributed by atoms with Crippen LogP contribution in [0.5, 0.6) is 0 Å². The summed E-state index contributed by atoms with van der Waals surface area (Å²) in [5, 5.41) is 3.58. The van der Waals surface area contributed by atoms with Gasteiger partial charge in [-0.05, 0) is 70.8 Å². The van der Waals surface area contributed by atoms with Gasteiger partial charge in [0.25, 0.3) is 0 Å². The summed E-state index contributed by atoms with van der Waals surface area (Å²) in [4.78, 5) is 0. The maximum Gasteiger partial charge on any atom is 0.0599 e. The van der Waals surface area contributed by atoms with Gasteiger partial charge in [0.05, 0.1) is 12.2 Å². The molecule has 2 rings (SSSR count). The normalized spacial score (nSPS) is 21.8. The van der Waals surface area contributed by atoms with Crippen molar-refractivity contribution in [2.24, 2.45) is 17.8 Å². The monoisotopic (exact) mass is 225 g/mol. The minimum atomic E-state index is 0.00800. The molecule has 2 saturated carbocycles. The third kappa shape index (κ3) is 4.42. The lowest BCUT2D eigenvalue weighted by Crippen LogP contribution is -2.31. The molecule has 0 saturated heterocycles. The smallest absolute Gasteiger partial charge is 0.0599 e. The van der Waals surface area contributed by atoms with Gasteiger partial charge in [0.1, 0.15) is 0 Å². The van der Waals surface area contributed by atoms with E-state index in [0.717, 1.165) is 30.9 Å². The molecule has 0 spiro atoms. The van der Waals surface area contributed by atoms with Gasteiger partial charge in [0.2, 0.25) is 0 Å². The van der Waals surface area contributed by atoms with Gasteiger partial charge in [0.15, 0.2) is 0 Å². The Balaban J connectivity index is 1.53. The Kier molecular flexibility index (Phi) is 3.91. The molecule has 0 aromatic rings. The van der Waals surface area contributed by atoms with Crippen LogP contribution in [0.1, 0.15) is 46.5 Å². The average molecular weight is 225 g/mol. The molecule has 2 fully saturated rings. The first-order valence-corrected chi connectivity index (χ1v) is 6.91. The van der Waals surface area contributed by atoms with E-state index >= 15 is 0 Å². The lowest BCUT2D eigenvalue weighted by Gasteiger charge is -2.21. The largest absolute Gasteiger partial charge is 0.375 e. The van der Waals surface area contributed by atoms with Crippen molar-refractivity contribution in [2.45, 2.75) is 52.1 Å². The molecular formula is C14H27NO. The highest BCUT2D eigenvalue weighted by Crippen LogP contribution is 2.48. The fourth-order valence-electron chi connectivity index (χ4n) is 2.47. The summed E-state index contributed by atoms with van der Waals surface area (Å²) in [6, 6.07) is 0. The van der Waals surface area contributed by atoms with Gasteiger partial charge >= 0.3 is 0 Å². The lowest BCUT2D eigenvalue weighted by atomic mass is 9.98. The van der Waals surface area contributed by atoms with Crippen LogP contribution in [0.3, 0.4) is 0 Å². The van der Waals surface area contributed by atoms with Gasteiger partial charge in [-0.3, -0.25) is 0 Å². The second kappa shape index (κ2) is 5.05. The molecule has 2 aliphatic rings. The van der Waals surface area contributed by atoms with Crippen LogP contribution in [-0.4, -0.2) is 25.3 Å². The molecule has 0 heterocycles. The van der Waals surface area contributed by atoms with Gasteiger partial charge in [-0.2, -0.15) is 0 Å². The van der Waals surface area contributed by atoms with Crippen LogP contribution in [0.2, 0.25) is 0 Å². The number of hydrogen-bond donors (Lipinski definition) is 1. The van der Waals surface area contributed by atoms with Crippen molar-refractivity contribution in [3.05, 3.63) is 0 Å². The summed E-state index contributed by atoms with van der Waals surface area (Å²) in [5.41, 5.74) is 0.00800. The van der Waals surface area contributed by atoms with Gasteiger partial charge in [-0.15, -0.1) is 0 Å². The van der Waals surface area contributed by atoms with E-state index in [4.69, 9.17) is 4.74 Å². The predicted molar refractivity (Wildman–Crippen MR) is 67.5 cm³/mol. The van der Waals surface area contributed by atoms with Crippen LogP contribution >= 0.6 is 0 Å². The summed E-state index contributed by atoms with van der Waals surface area (Å²) < 4.78 is 5.70. The molecular weight excluding hydrogens is 198 g/mol. The van der Waals surface area contributed by atoms with Gasteiger partial charge in [-0.1, -0.05) is 0 Å².